The molecule has 0 amide bonds. The van der Waals surface area contributed by atoms with Crippen LogP contribution >= 0.6 is 0 Å². The van der Waals surface area contributed by atoms with Gasteiger partial charge in [-0.2, -0.15) is 0 Å². The van der Waals surface area contributed by atoms with Crippen LogP contribution in [0.25, 0.3) is 0 Å². The summed E-state index contributed by atoms with van der Waals surface area (Å²) in [5.74, 6) is 0.279. The number of phenolic OH excluding ortho intramolecular Hbond substituents is 1. The van der Waals surface area contributed by atoms with Gasteiger partial charge in [0.2, 0.25) is 0 Å². The first-order valence-corrected chi connectivity index (χ1v) is 4.24. The fourth-order valence-corrected chi connectivity index (χ4v) is 1.41. The van der Waals surface area contributed by atoms with Gasteiger partial charge in [-0.3, -0.25) is 0 Å². The van der Waals surface area contributed by atoms with Gasteiger partial charge in [0.15, 0.2) is 6.10 Å². The van der Waals surface area contributed by atoms with Crippen molar-refractivity contribution in [2.45, 2.75) is 19.4 Å². The van der Waals surface area contributed by atoms with Crippen LogP contribution in [-0.2, 0) is 4.84 Å². The van der Waals surface area contributed by atoms with E-state index in [1.54, 1.807) is 12.3 Å². The minimum Gasteiger partial charge on any atom is -0.508 e. The Hall–Kier alpha value is -1.51. The lowest BCUT2D eigenvalue weighted by Gasteiger charge is -2.10. The highest BCUT2D eigenvalue weighted by atomic mass is 16.6. The first kappa shape index (κ1) is 8.10. The number of benzene rings is 1. The van der Waals surface area contributed by atoms with Crippen LogP contribution < -0.4 is 0 Å². The molecule has 1 aliphatic rings. The van der Waals surface area contributed by atoms with Crippen LogP contribution in [0.4, 0.5) is 0 Å². The van der Waals surface area contributed by atoms with Crippen molar-refractivity contribution >= 4 is 6.21 Å². The number of rotatable bonds is 1. The lowest BCUT2D eigenvalue weighted by Crippen LogP contribution is -1.96. The molecule has 1 aromatic rings. The van der Waals surface area contributed by atoms with E-state index >= 15 is 0 Å². The monoisotopic (exact) mass is 177 g/mol. The molecule has 2 rings (SSSR count). The SMILES string of the molecule is Cc1ccc(O)c(C2CC=NO2)c1. The molecule has 1 aromatic carbocycles. The standard InChI is InChI=1S/C10H11NO2/c1-7-2-3-9(12)8(6-7)10-4-5-11-13-10/h2-3,5-6,10,12H,4H2,1H3. The van der Waals surface area contributed by atoms with Crippen molar-refractivity contribution in [1.29, 1.82) is 0 Å². The van der Waals surface area contributed by atoms with Crippen LogP contribution in [0.3, 0.4) is 0 Å². The van der Waals surface area contributed by atoms with Crippen molar-refractivity contribution in [3.8, 4) is 5.75 Å². The van der Waals surface area contributed by atoms with Gasteiger partial charge in [-0.1, -0.05) is 16.8 Å². The molecule has 0 radical (unpaired) electrons. The Balaban J connectivity index is 2.33. The second-order valence-corrected chi connectivity index (χ2v) is 3.18. The molecule has 0 fully saturated rings. The molecular formula is C10H11NO2. The molecular weight excluding hydrogens is 166 g/mol. The van der Waals surface area contributed by atoms with Crippen molar-refractivity contribution < 1.29 is 9.94 Å². The fourth-order valence-electron chi connectivity index (χ4n) is 1.41. The van der Waals surface area contributed by atoms with Gasteiger partial charge < -0.3 is 9.94 Å². The summed E-state index contributed by atoms with van der Waals surface area (Å²) < 4.78 is 0. The van der Waals surface area contributed by atoms with E-state index in [9.17, 15) is 5.11 Å². The zero-order chi connectivity index (χ0) is 9.26. The van der Waals surface area contributed by atoms with Crippen molar-refractivity contribution in [3.05, 3.63) is 29.3 Å². The molecule has 1 unspecified atom stereocenters. The summed E-state index contributed by atoms with van der Waals surface area (Å²) in [5.41, 5.74) is 1.93. The van der Waals surface area contributed by atoms with E-state index in [0.717, 1.165) is 17.5 Å². The first-order chi connectivity index (χ1) is 6.27. The molecule has 0 aliphatic carbocycles. The predicted octanol–water partition coefficient (Wildman–Crippen LogP) is 2.15. The molecule has 0 saturated heterocycles. The van der Waals surface area contributed by atoms with Gasteiger partial charge in [-0.25, -0.2) is 0 Å². The Kier molecular flexibility index (Phi) is 1.93. The maximum absolute atomic E-state index is 9.56. The molecule has 13 heavy (non-hydrogen) atoms. The Morgan fingerprint density at radius 2 is 2.38 bits per heavy atom. The van der Waals surface area contributed by atoms with Gasteiger partial charge in [0.1, 0.15) is 5.75 Å². The van der Waals surface area contributed by atoms with E-state index in [0.29, 0.717) is 0 Å². The lowest BCUT2D eigenvalue weighted by atomic mass is 10.0. The predicted molar refractivity (Wildman–Crippen MR) is 49.8 cm³/mol. The van der Waals surface area contributed by atoms with Crippen LogP contribution in [0.15, 0.2) is 23.4 Å². The molecule has 1 N–H and O–H groups in total. The largest absolute Gasteiger partial charge is 0.508 e. The Morgan fingerprint density at radius 1 is 1.54 bits per heavy atom. The summed E-state index contributed by atoms with van der Waals surface area (Å²) >= 11 is 0. The summed E-state index contributed by atoms with van der Waals surface area (Å²) in [6, 6.07) is 5.48. The molecule has 1 heterocycles. The average Bonchev–Trinajstić information content (AvgIpc) is 2.61. The summed E-state index contributed by atoms with van der Waals surface area (Å²) in [6.45, 7) is 1.98. The van der Waals surface area contributed by atoms with Gasteiger partial charge in [-0.05, 0) is 19.1 Å². The van der Waals surface area contributed by atoms with Gasteiger partial charge in [0, 0.05) is 18.2 Å². The number of phenols is 1. The number of hydrogen-bond donors (Lipinski definition) is 1. The highest BCUT2D eigenvalue weighted by Gasteiger charge is 2.19. The number of aromatic hydroxyl groups is 1. The van der Waals surface area contributed by atoms with Crippen LogP contribution in [0.5, 0.6) is 5.75 Å². The van der Waals surface area contributed by atoms with E-state index in [1.807, 2.05) is 19.1 Å². The van der Waals surface area contributed by atoms with Gasteiger partial charge >= 0.3 is 0 Å². The number of hydrogen-bond acceptors (Lipinski definition) is 3. The Morgan fingerprint density at radius 3 is 3.08 bits per heavy atom. The van der Waals surface area contributed by atoms with Crippen molar-refractivity contribution in [2.24, 2.45) is 5.16 Å². The average molecular weight is 177 g/mol. The second kappa shape index (κ2) is 3.09. The number of aryl methyl sites for hydroxylation is 1. The zero-order valence-corrected chi connectivity index (χ0v) is 7.40. The van der Waals surface area contributed by atoms with Crippen LogP contribution in [0.2, 0.25) is 0 Å². The fraction of sp³-hybridized carbons (Fsp3) is 0.300. The van der Waals surface area contributed by atoms with Crippen LogP contribution in [0.1, 0.15) is 23.7 Å². The summed E-state index contributed by atoms with van der Waals surface area (Å²) in [4.78, 5) is 5.08. The van der Waals surface area contributed by atoms with Crippen molar-refractivity contribution in [1.82, 2.24) is 0 Å². The van der Waals surface area contributed by atoms with Crippen molar-refractivity contribution in [2.75, 3.05) is 0 Å². The molecule has 3 heteroatoms. The minimum absolute atomic E-state index is 0.111. The highest BCUT2D eigenvalue weighted by molar-refractivity contribution is 5.60. The smallest absolute Gasteiger partial charge is 0.161 e. The third kappa shape index (κ3) is 1.49. The van der Waals surface area contributed by atoms with E-state index in [4.69, 9.17) is 4.84 Å². The maximum atomic E-state index is 9.56. The third-order valence-corrected chi connectivity index (χ3v) is 2.11. The van der Waals surface area contributed by atoms with Crippen molar-refractivity contribution in [3.63, 3.8) is 0 Å². The minimum atomic E-state index is -0.111. The Labute approximate surface area is 76.6 Å². The topological polar surface area (TPSA) is 41.8 Å². The molecule has 0 bridgehead atoms. The normalized spacial score (nSPS) is 20.2. The molecule has 0 saturated carbocycles. The van der Waals surface area contributed by atoms with Crippen LogP contribution in [0, 0.1) is 6.92 Å². The second-order valence-electron chi connectivity index (χ2n) is 3.18. The first-order valence-electron chi connectivity index (χ1n) is 4.24. The molecule has 68 valence electrons. The highest BCUT2D eigenvalue weighted by Crippen LogP contribution is 2.31. The Bertz CT molecular complexity index is 339. The summed E-state index contributed by atoms with van der Waals surface area (Å²) in [5, 5.41) is 13.2. The third-order valence-electron chi connectivity index (χ3n) is 2.11. The molecule has 0 aromatic heterocycles. The molecule has 1 atom stereocenters. The molecule has 3 nitrogen and oxygen atoms in total. The zero-order valence-electron chi connectivity index (χ0n) is 7.40. The van der Waals surface area contributed by atoms with Gasteiger partial charge in [0.05, 0.1) is 0 Å². The van der Waals surface area contributed by atoms with Crippen LogP contribution in [-0.4, -0.2) is 11.3 Å². The molecule has 1 aliphatic heterocycles. The van der Waals surface area contributed by atoms with Gasteiger partial charge in [-0.15, -0.1) is 0 Å². The van der Waals surface area contributed by atoms with Gasteiger partial charge in [0.25, 0.3) is 0 Å². The summed E-state index contributed by atoms with van der Waals surface area (Å²) in [6.07, 6.45) is 2.34. The summed E-state index contributed by atoms with van der Waals surface area (Å²) in [7, 11) is 0. The lowest BCUT2D eigenvalue weighted by molar-refractivity contribution is 0.0838. The van der Waals surface area contributed by atoms with E-state index in [-0.39, 0.29) is 11.9 Å². The van der Waals surface area contributed by atoms with E-state index < -0.39 is 0 Å². The number of oxime groups is 1. The number of nitrogens with zero attached hydrogens (tertiary/aromatic N) is 1. The molecule has 0 spiro atoms. The van der Waals surface area contributed by atoms with E-state index in [1.165, 1.54) is 0 Å². The quantitative estimate of drug-likeness (QED) is 0.714. The maximum Gasteiger partial charge on any atom is 0.161 e. The van der Waals surface area contributed by atoms with E-state index in [2.05, 4.69) is 5.16 Å².